The van der Waals surface area contributed by atoms with Crippen LogP contribution in [0, 0.1) is 5.92 Å². The highest BCUT2D eigenvalue weighted by Gasteiger charge is 2.30. The number of rotatable bonds is 5. The number of hydrogen-bond donors (Lipinski definition) is 1. The molecule has 3 heteroatoms. The first kappa shape index (κ1) is 11.9. The van der Waals surface area contributed by atoms with Crippen LogP contribution in [0.15, 0.2) is 0 Å². The summed E-state index contributed by atoms with van der Waals surface area (Å²) in [6, 6.07) is 1.75. The van der Waals surface area contributed by atoms with E-state index in [1.54, 1.807) is 0 Å². The van der Waals surface area contributed by atoms with Crippen LogP contribution in [-0.4, -0.2) is 61.2 Å². The molecule has 0 radical (unpaired) electrons. The molecule has 3 nitrogen and oxygen atoms in total. The average molecular weight is 237 g/mol. The highest BCUT2D eigenvalue weighted by molar-refractivity contribution is 4.87. The maximum absolute atomic E-state index is 3.66. The highest BCUT2D eigenvalue weighted by Crippen LogP contribution is 2.22. The van der Waals surface area contributed by atoms with Gasteiger partial charge in [0.15, 0.2) is 0 Å². The van der Waals surface area contributed by atoms with Gasteiger partial charge in [-0.25, -0.2) is 0 Å². The lowest BCUT2D eigenvalue weighted by Gasteiger charge is -2.38. The summed E-state index contributed by atoms with van der Waals surface area (Å²) in [6.07, 6.45) is 5.68. The molecule has 2 heterocycles. The van der Waals surface area contributed by atoms with E-state index in [1.165, 1.54) is 65.0 Å². The van der Waals surface area contributed by atoms with Gasteiger partial charge >= 0.3 is 0 Å². The van der Waals surface area contributed by atoms with E-state index in [2.05, 4.69) is 22.0 Å². The van der Waals surface area contributed by atoms with Gasteiger partial charge in [0, 0.05) is 38.3 Å². The van der Waals surface area contributed by atoms with Gasteiger partial charge in [0.25, 0.3) is 0 Å². The van der Waals surface area contributed by atoms with Crippen molar-refractivity contribution in [2.24, 2.45) is 5.92 Å². The number of nitrogens with zero attached hydrogens (tertiary/aromatic N) is 2. The molecule has 3 aliphatic rings. The molecule has 17 heavy (non-hydrogen) atoms. The summed E-state index contributed by atoms with van der Waals surface area (Å²) < 4.78 is 0. The number of nitrogens with one attached hydrogen (secondary N) is 1. The molecule has 2 saturated heterocycles. The Bertz CT molecular complexity index is 252. The molecule has 2 unspecified atom stereocenters. The topological polar surface area (TPSA) is 18.5 Å². The SMILES string of the molecule is CC(CNC1CC1)CN1CCN2CCCC2C1. The summed E-state index contributed by atoms with van der Waals surface area (Å²) in [5, 5.41) is 3.66. The molecule has 98 valence electrons. The standard InChI is InChI=1S/C14H27N3/c1-12(9-15-13-4-5-13)10-16-7-8-17-6-2-3-14(17)11-16/h12-15H,2-11H2,1H3. The number of piperazine rings is 1. The zero-order valence-electron chi connectivity index (χ0n) is 11.2. The maximum atomic E-state index is 3.66. The van der Waals surface area contributed by atoms with Gasteiger partial charge in [-0.15, -0.1) is 0 Å². The fraction of sp³-hybridized carbons (Fsp3) is 1.00. The van der Waals surface area contributed by atoms with Crippen molar-refractivity contribution in [2.75, 3.05) is 39.3 Å². The van der Waals surface area contributed by atoms with Crippen molar-refractivity contribution in [3.63, 3.8) is 0 Å². The third-order valence-electron chi connectivity index (χ3n) is 4.57. The molecule has 3 fully saturated rings. The van der Waals surface area contributed by atoms with Crippen molar-refractivity contribution in [3.8, 4) is 0 Å². The largest absolute Gasteiger partial charge is 0.314 e. The molecule has 1 N–H and O–H groups in total. The second kappa shape index (κ2) is 5.25. The van der Waals surface area contributed by atoms with Gasteiger partial charge in [-0.2, -0.15) is 0 Å². The molecule has 2 aliphatic heterocycles. The lowest BCUT2D eigenvalue weighted by atomic mass is 10.1. The Balaban J connectivity index is 1.38. The van der Waals surface area contributed by atoms with E-state index in [0.717, 1.165) is 18.0 Å². The maximum Gasteiger partial charge on any atom is 0.0224 e. The summed E-state index contributed by atoms with van der Waals surface area (Å²) in [5.74, 6) is 0.809. The average Bonchev–Trinajstić information content (AvgIpc) is 3.04. The lowest BCUT2D eigenvalue weighted by Crippen LogP contribution is -2.51. The van der Waals surface area contributed by atoms with Crippen LogP contribution in [0.1, 0.15) is 32.6 Å². The minimum Gasteiger partial charge on any atom is -0.314 e. The molecule has 3 rings (SSSR count). The van der Waals surface area contributed by atoms with Gasteiger partial charge in [-0.05, 0) is 44.7 Å². The van der Waals surface area contributed by atoms with Gasteiger partial charge in [0.1, 0.15) is 0 Å². The lowest BCUT2D eigenvalue weighted by molar-refractivity contribution is 0.0935. The van der Waals surface area contributed by atoms with E-state index >= 15 is 0 Å². The van der Waals surface area contributed by atoms with Gasteiger partial charge in [0.2, 0.25) is 0 Å². The summed E-state index contributed by atoms with van der Waals surface area (Å²) in [7, 11) is 0. The minimum atomic E-state index is 0.809. The summed E-state index contributed by atoms with van der Waals surface area (Å²) in [6.45, 7) is 10.2. The van der Waals surface area contributed by atoms with Gasteiger partial charge < -0.3 is 10.2 Å². The molecule has 1 saturated carbocycles. The second-order valence-electron chi connectivity index (χ2n) is 6.38. The predicted molar refractivity (Wildman–Crippen MR) is 71.2 cm³/mol. The van der Waals surface area contributed by atoms with Crippen molar-refractivity contribution in [1.82, 2.24) is 15.1 Å². The van der Waals surface area contributed by atoms with Crippen LogP contribution in [0.25, 0.3) is 0 Å². The van der Waals surface area contributed by atoms with Crippen LogP contribution in [0.4, 0.5) is 0 Å². The first-order chi connectivity index (χ1) is 8.31. The quantitative estimate of drug-likeness (QED) is 0.774. The minimum absolute atomic E-state index is 0.809. The van der Waals surface area contributed by atoms with E-state index in [1.807, 2.05) is 0 Å². The van der Waals surface area contributed by atoms with Crippen molar-refractivity contribution >= 4 is 0 Å². The molecule has 0 spiro atoms. The third-order valence-corrected chi connectivity index (χ3v) is 4.57. The summed E-state index contributed by atoms with van der Waals surface area (Å²) >= 11 is 0. The fourth-order valence-corrected chi connectivity index (χ4v) is 3.38. The zero-order chi connectivity index (χ0) is 11.7. The first-order valence-corrected chi connectivity index (χ1v) is 7.51. The Morgan fingerprint density at radius 1 is 1.18 bits per heavy atom. The van der Waals surface area contributed by atoms with Gasteiger partial charge in [0.05, 0.1) is 0 Å². The van der Waals surface area contributed by atoms with E-state index in [-0.39, 0.29) is 0 Å². The highest BCUT2D eigenvalue weighted by atomic mass is 15.3. The van der Waals surface area contributed by atoms with E-state index in [9.17, 15) is 0 Å². The van der Waals surface area contributed by atoms with Crippen LogP contribution in [-0.2, 0) is 0 Å². The van der Waals surface area contributed by atoms with Crippen LogP contribution < -0.4 is 5.32 Å². The smallest absolute Gasteiger partial charge is 0.0224 e. The first-order valence-electron chi connectivity index (χ1n) is 7.51. The Kier molecular flexibility index (Phi) is 3.69. The molecule has 0 aromatic carbocycles. The normalized spacial score (nSPS) is 32.6. The van der Waals surface area contributed by atoms with Crippen molar-refractivity contribution in [2.45, 2.75) is 44.7 Å². The van der Waals surface area contributed by atoms with Crippen LogP contribution in [0.2, 0.25) is 0 Å². The van der Waals surface area contributed by atoms with Gasteiger partial charge in [-0.1, -0.05) is 6.92 Å². The molecule has 0 aromatic heterocycles. The third kappa shape index (κ3) is 3.21. The number of hydrogen-bond acceptors (Lipinski definition) is 3. The van der Waals surface area contributed by atoms with E-state index in [0.29, 0.717) is 0 Å². The second-order valence-corrected chi connectivity index (χ2v) is 6.38. The monoisotopic (exact) mass is 237 g/mol. The fourth-order valence-electron chi connectivity index (χ4n) is 3.38. The molecular formula is C14H27N3. The molecule has 0 amide bonds. The Morgan fingerprint density at radius 2 is 2.06 bits per heavy atom. The van der Waals surface area contributed by atoms with Gasteiger partial charge in [-0.3, -0.25) is 4.90 Å². The molecular weight excluding hydrogens is 210 g/mol. The molecule has 1 aliphatic carbocycles. The van der Waals surface area contributed by atoms with Crippen LogP contribution in [0.5, 0.6) is 0 Å². The summed E-state index contributed by atoms with van der Waals surface area (Å²) in [4.78, 5) is 5.40. The Labute approximate surface area is 106 Å². The predicted octanol–water partition coefficient (Wildman–Crippen LogP) is 1.15. The molecule has 0 bridgehead atoms. The van der Waals surface area contributed by atoms with Crippen LogP contribution >= 0.6 is 0 Å². The van der Waals surface area contributed by atoms with E-state index < -0.39 is 0 Å². The van der Waals surface area contributed by atoms with Crippen LogP contribution in [0.3, 0.4) is 0 Å². The number of fused-ring (bicyclic) bond motifs is 1. The Hall–Kier alpha value is -0.120. The zero-order valence-corrected chi connectivity index (χ0v) is 11.2. The van der Waals surface area contributed by atoms with E-state index in [4.69, 9.17) is 0 Å². The summed E-state index contributed by atoms with van der Waals surface area (Å²) in [5.41, 5.74) is 0. The Morgan fingerprint density at radius 3 is 2.88 bits per heavy atom. The molecule has 2 atom stereocenters. The van der Waals surface area contributed by atoms with Crippen molar-refractivity contribution < 1.29 is 0 Å². The molecule has 0 aromatic rings. The van der Waals surface area contributed by atoms with Crippen molar-refractivity contribution in [1.29, 1.82) is 0 Å². The van der Waals surface area contributed by atoms with Crippen molar-refractivity contribution in [3.05, 3.63) is 0 Å².